The van der Waals surface area contributed by atoms with Crippen molar-refractivity contribution in [1.82, 2.24) is 10.2 Å². The molecule has 0 aliphatic heterocycles. The van der Waals surface area contributed by atoms with Crippen LogP contribution < -0.4 is 5.32 Å². The first-order valence-electron chi connectivity index (χ1n) is 8.22. The molecule has 0 aliphatic rings. The van der Waals surface area contributed by atoms with Gasteiger partial charge in [0, 0.05) is 31.3 Å². The molecule has 27 heavy (non-hydrogen) atoms. The second kappa shape index (κ2) is 10.1. The minimum atomic E-state index is -0.687. The summed E-state index contributed by atoms with van der Waals surface area (Å²) in [6, 6.07) is 6.74. The summed E-state index contributed by atoms with van der Waals surface area (Å²) in [6.45, 7) is 0.463. The standard InChI is InChI=1S/C18H21N3O4S2/c1-20(11-13-6-9-27-12-13)18(23)16(7-8-26-2)19-17(22)14-4-3-5-15(10-14)21(24)25/h3-6,9-10,12,16H,7-8,11H2,1-2H3,(H,19,22)/t16-/m0/s1. The van der Waals surface area contributed by atoms with Crippen LogP contribution in [0.5, 0.6) is 0 Å². The number of hydrogen-bond donors (Lipinski definition) is 1. The van der Waals surface area contributed by atoms with Gasteiger partial charge in [-0.25, -0.2) is 0 Å². The van der Waals surface area contributed by atoms with Crippen LogP contribution >= 0.6 is 23.1 Å². The van der Waals surface area contributed by atoms with Crippen molar-refractivity contribution in [1.29, 1.82) is 0 Å². The molecule has 1 N–H and O–H groups in total. The molecule has 1 aromatic carbocycles. The molecule has 0 spiro atoms. The fourth-order valence-electron chi connectivity index (χ4n) is 2.50. The Labute approximate surface area is 165 Å². The number of likely N-dealkylation sites (N-methyl/N-ethyl adjacent to an activating group) is 1. The summed E-state index contributed by atoms with van der Waals surface area (Å²) in [7, 11) is 1.70. The normalized spacial score (nSPS) is 11.6. The Hall–Kier alpha value is -2.39. The van der Waals surface area contributed by atoms with Crippen molar-refractivity contribution in [3.63, 3.8) is 0 Å². The van der Waals surface area contributed by atoms with Crippen LogP contribution in [0.4, 0.5) is 5.69 Å². The zero-order valence-electron chi connectivity index (χ0n) is 15.1. The van der Waals surface area contributed by atoms with Gasteiger partial charge in [-0.05, 0) is 46.9 Å². The highest BCUT2D eigenvalue weighted by Gasteiger charge is 2.25. The second-order valence-electron chi connectivity index (χ2n) is 5.94. The number of benzene rings is 1. The van der Waals surface area contributed by atoms with Crippen molar-refractivity contribution in [3.8, 4) is 0 Å². The van der Waals surface area contributed by atoms with Crippen LogP contribution in [0, 0.1) is 10.1 Å². The maximum absolute atomic E-state index is 12.8. The fraction of sp³-hybridized carbons (Fsp3) is 0.333. The van der Waals surface area contributed by atoms with Gasteiger partial charge in [-0.15, -0.1) is 0 Å². The Morgan fingerprint density at radius 2 is 2.15 bits per heavy atom. The van der Waals surface area contributed by atoms with Gasteiger partial charge in [0.15, 0.2) is 0 Å². The van der Waals surface area contributed by atoms with Crippen molar-refractivity contribution < 1.29 is 14.5 Å². The summed E-state index contributed by atoms with van der Waals surface area (Å²) >= 11 is 3.15. The van der Waals surface area contributed by atoms with Gasteiger partial charge in [0.05, 0.1) is 4.92 Å². The summed E-state index contributed by atoms with van der Waals surface area (Å²) in [5, 5.41) is 17.6. The molecule has 1 aromatic heterocycles. The SMILES string of the molecule is CSCC[C@H](NC(=O)c1cccc([N+](=O)[O-])c1)C(=O)N(C)Cc1ccsc1. The highest BCUT2D eigenvalue weighted by molar-refractivity contribution is 7.98. The van der Waals surface area contributed by atoms with Gasteiger partial charge in [-0.1, -0.05) is 6.07 Å². The first-order chi connectivity index (χ1) is 12.9. The molecule has 9 heteroatoms. The Kier molecular flexibility index (Phi) is 7.81. The summed E-state index contributed by atoms with van der Waals surface area (Å²) in [6.07, 6.45) is 2.41. The van der Waals surface area contributed by atoms with E-state index in [-0.39, 0.29) is 17.2 Å². The van der Waals surface area contributed by atoms with Gasteiger partial charge in [-0.2, -0.15) is 23.1 Å². The van der Waals surface area contributed by atoms with Gasteiger partial charge < -0.3 is 10.2 Å². The zero-order valence-corrected chi connectivity index (χ0v) is 16.7. The smallest absolute Gasteiger partial charge is 0.270 e. The van der Waals surface area contributed by atoms with Crippen LogP contribution in [0.15, 0.2) is 41.1 Å². The number of nitro groups is 1. The molecule has 0 radical (unpaired) electrons. The second-order valence-corrected chi connectivity index (χ2v) is 7.71. The van der Waals surface area contributed by atoms with Crippen LogP contribution in [0.1, 0.15) is 22.3 Å². The van der Waals surface area contributed by atoms with E-state index in [1.165, 1.54) is 24.3 Å². The maximum Gasteiger partial charge on any atom is 0.270 e. The van der Waals surface area contributed by atoms with E-state index in [4.69, 9.17) is 0 Å². The lowest BCUT2D eigenvalue weighted by Gasteiger charge is -2.24. The van der Waals surface area contributed by atoms with Gasteiger partial charge in [-0.3, -0.25) is 19.7 Å². The highest BCUT2D eigenvalue weighted by atomic mass is 32.2. The largest absolute Gasteiger partial charge is 0.340 e. The number of carbonyl (C=O) groups excluding carboxylic acids is 2. The molecule has 1 heterocycles. The Balaban J connectivity index is 2.10. The number of amides is 2. The van der Waals surface area contributed by atoms with Crippen LogP contribution in [0.3, 0.4) is 0 Å². The number of nitro benzene ring substituents is 1. The Bertz CT molecular complexity index is 796. The van der Waals surface area contributed by atoms with E-state index in [9.17, 15) is 19.7 Å². The topological polar surface area (TPSA) is 92.5 Å². The first-order valence-corrected chi connectivity index (χ1v) is 10.6. The summed E-state index contributed by atoms with van der Waals surface area (Å²) in [4.78, 5) is 37.3. The number of thioether (sulfide) groups is 1. The quantitative estimate of drug-likeness (QED) is 0.509. The van der Waals surface area contributed by atoms with Gasteiger partial charge in [0.1, 0.15) is 6.04 Å². The van der Waals surface area contributed by atoms with Crippen LogP contribution in [0.2, 0.25) is 0 Å². The van der Waals surface area contributed by atoms with Crippen molar-refractivity contribution in [2.24, 2.45) is 0 Å². The first kappa shape index (κ1) is 20.9. The molecule has 2 amide bonds. The summed E-state index contributed by atoms with van der Waals surface area (Å²) < 4.78 is 0. The van der Waals surface area contributed by atoms with Crippen molar-refractivity contribution >= 4 is 40.6 Å². The van der Waals surface area contributed by atoms with E-state index in [0.29, 0.717) is 18.7 Å². The van der Waals surface area contributed by atoms with Gasteiger partial charge in [0.2, 0.25) is 5.91 Å². The average Bonchev–Trinajstić information content (AvgIpc) is 3.17. The van der Waals surface area contributed by atoms with Gasteiger partial charge in [0.25, 0.3) is 11.6 Å². The number of hydrogen-bond acceptors (Lipinski definition) is 6. The molecular weight excluding hydrogens is 386 g/mol. The molecule has 7 nitrogen and oxygen atoms in total. The third-order valence-electron chi connectivity index (χ3n) is 3.91. The molecule has 0 saturated heterocycles. The predicted octanol–water partition coefficient (Wildman–Crippen LogP) is 3.17. The van der Waals surface area contributed by atoms with E-state index in [0.717, 1.165) is 5.56 Å². The van der Waals surface area contributed by atoms with E-state index < -0.39 is 16.9 Å². The Morgan fingerprint density at radius 3 is 2.78 bits per heavy atom. The Morgan fingerprint density at radius 1 is 1.37 bits per heavy atom. The lowest BCUT2D eigenvalue weighted by atomic mass is 10.1. The minimum absolute atomic E-state index is 0.159. The fourth-order valence-corrected chi connectivity index (χ4v) is 3.63. The number of rotatable bonds is 9. The molecule has 0 bridgehead atoms. The number of nitrogens with one attached hydrogen (secondary N) is 1. The maximum atomic E-state index is 12.8. The van der Waals surface area contributed by atoms with E-state index in [2.05, 4.69) is 5.32 Å². The molecule has 0 aliphatic carbocycles. The van der Waals surface area contributed by atoms with Crippen molar-refractivity contribution in [2.75, 3.05) is 19.1 Å². The third kappa shape index (κ3) is 6.07. The molecule has 0 saturated carbocycles. The average molecular weight is 408 g/mol. The molecule has 2 aromatic rings. The number of thiophene rings is 1. The summed E-state index contributed by atoms with van der Waals surface area (Å²) in [5.41, 5.74) is 1.03. The lowest BCUT2D eigenvalue weighted by Crippen LogP contribution is -2.47. The van der Waals surface area contributed by atoms with E-state index >= 15 is 0 Å². The number of non-ortho nitro benzene ring substituents is 1. The molecule has 0 fully saturated rings. The van der Waals surface area contributed by atoms with Crippen molar-refractivity contribution in [3.05, 3.63) is 62.3 Å². The van der Waals surface area contributed by atoms with Crippen LogP contribution in [-0.4, -0.2) is 46.7 Å². The van der Waals surface area contributed by atoms with Crippen molar-refractivity contribution in [2.45, 2.75) is 19.0 Å². The third-order valence-corrected chi connectivity index (χ3v) is 5.29. The summed E-state index contributed by atoms with van der Waals surface area (Å²) in [5.74, 6) is 0.0221. The van der Waals surface area contributed by atoms with Crippen LogP contribution in [-0.2, 0) is 11.3 Å². The predicted molar refractivity (Wildman–Crippen MR) is 108 cm³/mol. The molecular formula is C18H21N3O4S2. The minimum Gasteiger partial charge on any atom is -0.340 e. The molecule has 1 atom stereocenters. The molecule has 2 rings (SSSR count). The van der Waals surface area contributed by atoms with Gasteiger partial charge >= 0.3 is 0 Å². The molecule has 144 valence electrons. The lowest BCUT2D eigenvalue weighted by molar-refractivity contribution is -0.384. The van der Waals surface area contributed by atoms with Crippen LogP contribution in [0.25, 0.3) is 0 Å². The monoisotopic (exact) mass is 407 g/mol. The zero-order chi connectivity index (χ0) is 19.8. The number of carbonyl (C=O) groups is 2. The molecule has 0 unspecified atom stereocenters. The van der Waals surface area contributed by atoms with E-state index in [1.54, 1.807) is 35.0 Å². The number of nitrogens with zero attached hydrogens (tertiary/aromatic N) is 2. The van der Waals surface area contributed by atoms with E-state index in [1.807, 2.05) is 23.1 Å². The highest BCUT2D eigenvalue weighted by Crippen LogP contribution is 2.15.